The number of likely N-dealkylation sites (N-methyl/N-ethyl adjacent to an activating group) is 3. The van der Waals surface area contributed by atoms with Crippen LogP contribution >= 0.6 is 0 Å². The minimum absolute atomic E-state index is 0.110. The van der Waals surface area contributed by atoms with Crippen molar-refractivity contribution >= 4 is 5.97 Å². The van der Waals surface area contributed by atoms with Crippen LogP contribution in [0, 0.1) is 0 Å². The molecule has 0 bridgehead atoms. The molecule has 1 saturated carbocycles. The lowest BCUT2D eigenvalue weighted by molar-refractivity contribution is -0.151. The lowest BCUT2D eigenvalue weighted by atomic mass is 9.78. The van der Waals surface area contributed by atoms with E-state index in [1.54, 1.807) is 0 Å². The number of carbonyl (C=O) groups excluding carboxylic acids is 1. The third-order valence-corrected chi connectivity index (χ3v) is 5.57. The van der Waals surface area contributed by atoms with Crippen LogP contribution in [0.3, 0.4) is 0 Å². The summed E-state index contributed by atoms with van der Waals surface area (Å²) in [6.07, 6.45) is 6.58. The van der Waals surface area contributed by atoms with E-state index in [-0.39, 0.29) is 5.97 Å². The van der Waals surface area contributed by atoms with Crippen molar-refractivity contribution in [3.8, 4) is 0 Å². The number of nitrogens with zero attached hydrogens (tertiary/aromatic N) is 2. The van der Waals surface area contributed by atoms with Crippen molar-refractivity contribution in [3.63, 3.8) is 0 Å². The molecule has 2 fully saturated rings. The van der Waals surface area contributed by atoms with Gasteiger partial charge in [0.1, 0.15) is 5.54 Å². The first-order valence-electron chi connectivity index (χ1n) is 8.20. The standard InChI is InChI=1S/C16H31N3O2/c1-17-16(15(20)21-4)9-5-7-13(11-16)19(3)12-14-8-6-10-18(14)2/h13-14,17H,5-12H2,1-4H3. The quantitative estimate of drug-likeness (QED) is 0.770. The van der Waals surface area contributed by atoms with Crippen LogP contribution in [0.25, 0.3) is 0 Å². The normalized spacial score (nSPS) is 34.3. The minimum atomic E-state index is -0.493. The highest BCUT2D eigenvalue weighted by Gasteiger charge is 2.43. The first kappa shape index (κ1) is 16.7. The van der Waals surface area contributed by atoms with Crippen LogP contribution in [-0.2, 0) is 9.53 Å². The summed E-state index contributed by atoms with van der Waals surface area (Å²) in [5.41, 5.74) is -0.493. The second-order valence-corrected chi connectivity index (χ2v) is 6.79. The van der Waals surface area contributed by atoms with Crippen molar-refractivity contribution < 1.29 is 9.53 Å². The van der Waals surface area contributed by atoms with Gasteiger partial charge in [-0.1, -0.05) is 0 Å². The zero-order valence-corrected chi connectivity index (χ0v) is 14.0. The maximum absolute atomic E-state index is 12.2. The molecular formula is C16H31N3O2. The van der Waals surface area contributed by atoms with Gasteiger partial charge < -0.3 is 19.9 Å². The van der Waals surface area contributed by atoms with Crippen LogP contribution in [0.2, 0.25) is 0 Å². The van der Waals surface area contributed by atoms with E-state index in [9.17, 15) is 4.79 Å². The van der Waals surface area contributed by atoms with E-state index in [0.29, 0.717) is 12.1 Å². The summed E-state index contributed by atoms with van der Waals surface area (Å²) in [5.74, 6) is -0.110. The fourth-order valence-corrected chi connectivity index (χ4v) is 4.02. The Hall–Kier alpha value is -0.650. The van der Waals surface area contributed by atoms with Crippen molar-refractivity contribution in [2.45, 2.75) is 56.1 Å². The predicted octanol–water partition coefficient (Wildman–Crippen LogP) is 1.09. The lowest BCUT2D eigenvalue weighted by Gasteiger charge is -2.42. The third-order valence-electron chi connectivity index (χ3n) is 5.57. The minimum Gasteiger partial charge on any atom is -0.468 e. The summed E-state index contributed by atoms with van der Waals surface area (Å²) < 4.78 is 5.03. The number of carbonyl (C=O) groups is 1. The summed E-state index contributed by atoms with van der Waals surface area (Å²) in [7, 11) is 7.80. The lowest BCUT2D eigenvalue weighted by Crippen LogP contribution is -2.57. The number of hydrogen-bond acceptors (Lipinski definition) is 5. The Kier molecular flexibility index (Phi) is 5.63. The van der Waals surface area contributed by atoms with Crippen molar-refractivity contribution in [1.29, 1.82) is 0 Å². The number of hydrogen-bond donors (Lipinski definition) is 1. The number of methoxy groups -OCH3 is 1. The number of esters is 1. The van der Waals surface area contributed by atoms with Gasteiger partial charge in [0.25, 0.3) is 0 Å². The molecule has 0 aromatic heterocycles. The van der Waals surface area contributed by atoms with E-state index in [1.807, 2.05) is 7.05 Å². The van der Waals surface area contributed by atoms with E-state index < -0.39 is 5.54 Å². The Balaban J connectivity index is 1.97. The molecule has 5 nitrogen and oxygen atoms in total. The fourth-order valence-electron chi connectivity index (χ4n) is 4.02. The third kappa shape index (κ3) is 3.58. The van der Waals surface area contributed by atoms with Crippen molar-refractivity contribution in [2.75, 3.05) is 41.3 Å². The van der Waals surface area contributed by atoms with Crippen molar-refractivity contribution in [1.82, 2.24) is 15.1 Å². The highest BCUT2D eigenvalue weighted by atomic mass is 16.5. The van der Waals surface area contributed by atoms with Gasteiger partial charge in [-0.05, 0) is 66.2 Å². The molecule has 3 unspecified atom stereocenters. The van der Waals surface area contributed by atoms with Crippen LogP contribution < -0.4 is 5.32 Å². The van der Waals surface area contributed by atoms with E-state index in [4.69, 9.17) is 4.74 Å². The Labute approximate surface area is 129 Å². The van der Waals surface area contributed by atoms with E-state index in [2.05, 4.69) is 29.2 Å². The van der Waals surface area contributed by atoms with Gasteiger partial charge in [-0.3, -0.25) is 4.79 Å². The van der Waals surface area contributed by atoms with E-state index >= 15 is 0 Å². The molecule has 1 N–H and O–H groups in total. The van der Waals surface area contributed by atoms with Crippen LogP contribution in [0.1, 0.15) is 38.5 Å². The number of nitrogens with one attached hydrogen (secondary N) is 1. The molecule has 21 heavy (non-hydrogen) atoms. The second kappa shape index (κ2) is 7.07. The van der Waals surface area contributed by atoms with E-state index in [1.165, 1.54) is 32.9 Å². The van der Waals surface area contributed by atoms with Crippen molar-refractivity contribution in [2.24, 2.45) is 0 Å². The second-order valence-electron chi connectivity index (χ2n) is 6.79. The molecule has 0 amide bonds. The monoisotopic (exact) mass is 297 g/mol. The molecule has 0 aromatic carbocycles. The molecule has 0 spiro atoms. The van der Waals surface area contributed by atoms with Gasteiger partial charge in [0, 0.05) is 18.6 Å². The molecule has 1 aliphatic carbocycles. The smallest absolute Gasteiger partial charge is 0.326 e. The number of rotatable bonds is 5. The summed E-state index contributed by atoms with van der Waals surface area (Å²) in [6.45, 7) is 2.31. The van der Waals surface area contributed by atoms with Crippen molar-refractivity contribution in [3.05, 3.63) is 0 Å². The average molecular weight is 297 g/mol. The zero-order valence-electron chi connectivity index (χ0n) is 14.0. The summed E-state index contributed by atoms with van der Waals surface area (Å²) in [4.78, 5) is 17.1. The Morgan fingerprint density at radius 2 is 2.19 bits per heavy atom. The van der Waals surface area contributed by atoms with Crippen LogP contribution in [0.5, 0.6) is 0 Å². The SMILES string of the molecule is CNC1(C(=O)OC)CCCC(N(C)CC2CCCN2C)C1. The topological polar surface area (TPSA) is 44.8 Å². The fraction of sp³-hybridized carbons (Fsp3) is 0.938. The van der Waals surface area contributed by atoms with Crippen LogP contribution in [-0.4, -0.2) is 74.7 Å². The summed E-state index contributed by atoms with van der Waals surface area (Å²) in [6, 6.07) is 1.12. The van der Waals surface area contributed by atoms with Crippen LogP contribution in [0.15, 0.2) is 0 Å². The molecule has 1 heterocycles. The maximum atomic E-state index is 12.2. The molecule has 2 rings (SSSR count). The van der Waals surface area contributed by atoms with Gasteiger partial charge in [0.15, 0.2) is 0 Å². The molecule has 0 aromatic rings. The molecule has 1 saturated heterocycles. The maximum Gasteiger partial charge on any atom is 0.326 e. The Bertz CT molecular complexity index is 363. The number of ether oxygens (including phenoxy) is 1. The average Bonchev–Trinajstić information content (AvgIpc) is 2.91. The molecular weight excluding hydrogens is 266 g/mol. The first-order chi connectivity index (χ1) is 10.0. The Morgan fingerprint density at radius 3 is 2.76 bits per heavy atom. The molecule has 2 aliphatic rings. The number of likely N-dealkylation sites (tertiary alicyclic amines) is 1. The van der Waals surface area contributed by atoms with Crippen LogP contribution in [0.4, 0.5) is 0 Å². The van der Waals surface area contributed by atoms with Gasteiger partial charge in [-0.2, -0.15) is 0 Å². The predicted molar refractivity (Wildman–Crippen MR) is 84.3 cm³/mol. The zero-order chi connectivity index (χ0) is 15.5. The molecule has 0 radical (unpaired) electrons. The molecule has 122 valence electrons. The van der Waals surface area contributed by atoms with Gasteiger partial charge in [0.05, 0.1) is 7.11 Å². The molecule has 1 aliphatic heterocycles. The Morgan fingerprint density at radius 1 is 1.43 bits per heavy atom. The van der Waals surface area contributed by atoms with Gasteiger partial charge >= 0.3 is 5.97 Å². The van der Waals surface area contributed by atoms with Gasteiger partial charge in [-0.15, -0.1) is 0 Å². The highest BCUT2D eigenvalue weighted by molar-refractivity contribution is 5.81. The first-order valence-corrected chi connectivity index (χ1v) is 8.20. The van der Waals surface area contributed by atoms with E-state index in [0.717, 1.165) is 25.8 Å². The van der Waals surface area contributed by atoms with Gasteiger partial charge in [-0.25, -0.2) is 0 Å². The van der Waals surface area contributed by atoms with Gasteiger partial charge in [0.2, 0.25) is 0 Å². The summed E-state index contributed by atoms with van der Waals surface area (Å²) >= 11 is 0. The largest absolute Gasteiger partial charge is 0.468 e. The molecule has 3 atom stereocenters. The molecule has 5 heteroatoms. The highest BCUT2D eigenvalue weighted by Crippen LogP contribution is 2.32. The summed E-state index contributed by atoms with van der Waals surface area (Å²) in [5, 5.41) is 3.24.